The van der Waals surface area contributed by atoms with Gasteiger partial charge in [0.25, 0.3) is 0 Å². The Bertz CT molecular complexity index is 785. The van der Waals surface area contributed by atoms with Crippen molar-refractivity contribution in [2.45, 2.75) is 12.7 Å². The Morgan fingerprint density at radius 2 is 2.14 bits per heavy atom. The number of aromatic nitrogens is 1. The normalized spacial score (nSPS) is 11.3. The summed E-state index contributed by atoms with van der Waals surface area (Å²) in [5.41, 5.74) is 0.164. The highest BCUT2D eigenvalue weighted by Crippen LogP contribution is 2.25. The van der Waals surface area contributed by atoms with Gasteiger partial charge in [-0.15, -0.1) is 0 Å². The predicted molar refractivity (Wildman–Crippen MR) is 75.9 cm³/mol. The largest absolute Gasteiger partial charge is 0.478 e. The van der Waals surface area contributed by atoms with Crippen LogP contribution in [0.3, 0.4) is 0 Å². The lowest BCUT2D eigenvalue weighted by Crippen LogP contribution is -2.16. The lowest BCUT2D eigenvalue weighted by molar-refractivity contribution is 0.0697. The van der Waals surface area contributed by atoms with E-state index in [9.17, 15) is 13.2 Å². The second-order valence-corrected chi connectivity index (χ2v) is 6.42. The third-order valence-corrected chi connectivity index (χ3v) is 4.03. The molecular weight excluding hydrogens is 320 g/mol. The molecule has 1 aromatic heterocycles. The molecule has 0 amide bonds. The lowest BCUT2D eigenvalue weighted by Gasteiger charge is -2.09. The van der Waals surface area contributed by atoms with Gasteiger partial charge in [0.15, 0.2) is 0 Å². The molecule has 0 radical (unpaired) electrons. The van der Waals surface area contributed by atoms with Crippen LogP contribution in [0.25, 0.3) is 0 Å². The summed E-state index contributed by atoms with van der Waals surface area (Å²) < 4.78 is 31.1. The zero-order chi connectivity index (χ0) is 15.6. The molecule has 1 heterocycles. The first kappa shape index (κ1) is 15.3. The van der Waals surface area contributed by atoms with Gasteiger partial charge in [-0.1, -0.05) is 16.8 Å². The minimum atomic E-state index is -3.79. The van der Waals surface area contributed by atoms with Gasteiger partial charge in [-0.05, 0) is 25.1 Å². The first-order chi connectivity index (χ1) is 9.77. The van der Waals surface area contributed by atoms with Crippen LogP contribution in [0.2, 0.25) is 5.02 Å². The number of hydrogen-bond acceptors (Lipinski definition) is 5. The fourth-order valence-electron chi connectivity index (χ4n) is 1.62. The molecule has 7 nitrogen and oxygen atoms in total. The number of rotatable bonds is 5. The predicted octanol–water partition coefficient (Wildman–Crippen LogP) is 2.28. The number of aromatic carboxylic acids is 1. The van der Waals surface area contributed by atoms with Crippen molar-refractivity contribution in [3.05, 3.63) is 46.3 Å². The summed E-state index contributed by atoms with van der Waals surface area (Å²) in [7, 11) is -3.79. The summed E-state index contributed by atoms with van der Waals surface area (Å²) in [4.78, 5) is 10.9. The van der Waals surface area contributed by atoms with Crippen molar-refractivity contribution < 1.29 is 22.8 Å². The second kappa shape index (κ2) is 5.74. The van der Waals surface area contributed by atoms with E-state index in [-0.39, 0.29) is 22.0 Å². The van der Waals surface area contributed by atoms with Gasteiger partial charge in [0, 0.05) is 6.07 Å². The molecule has 2 rings (SSSR count). The molecule has 0 aliphatic rings. The number of carboxylic acids is 1. The van der Waals surface area contributed by atoms with Crippen LogP contribution in [-0.2, 0) is 15.8 Å². The molecule has 0 fully saturated rings. The molecule has 1 aromatic carbocycles. The van der Waals surface area contributed by atoms with Gasteiger partial charge < -0.3 is 9.63 Å². The van der Waals surface area contributed by atoms with Gasteiger partial charge in [-0.2, -0.15) is 0 Å². The smallest absolute Gasteiger partial charge is 0.335 e. The highest BCUT2D eigenvalue weighted by Gasteiger charge is 2.17. The molecule has 112 valence electrons. The lowest BCUT2D eigenvalue weighted by atomic mass is 10.2. The third kappa shape index (κ3) is 3.96. The molecule has 0 bridgehead atoms. The van der Waals surface area contributed by atoms with Crippen molar-refractivity contribution >= 4 is 33.3 Å². The Morgan fingerprint density at radius 3 is 2.71 bits per heavy atom. The summed E-state index contributed by atoms with van der Waals surface area (Å²) in [5, 5.41) is 12.6. The van der Waals surface area contributed by atoms with E-state index in [2.05, 4.69) is 9.88 Å². The molecule has 0 unspecified atom stereocenters. The zero-order valence-electron chi connectivity index (χ0n) is 10.8. The van der Waals surface area contributed by atoms with Crippen molar-refractivity contribution in [3.63, 3.8) is 0 Å². The summed E-state index contributed by atoms with van der Waals surface area (Å²) >= 11 is 5.86. The number of sulfonamides is 1. The number of carbonyl (C=O) groups is 1. The molecule has 2 aromatic rings. The van der Waals surface area contributed by atoms with Gasteiger partial charge in [0.2, 0.25) is 10.0 Å². The number of halogens is 1. The summed E-state index contributed by atoms with van der Waals surface area (Å²) in [6.45, 7) is 1.64. The van der Waals surface area contributed by atoms with E-state index in [0.29, 0.717) is 5.76 Å². The van der Waals surface area contributed by atoms with Gasteiger partial charge in [-0.25, -0.2) is 13.2 Å². The van der Waals surface area contributed by atoms with Crippen molar-refractivity contribution in [2.75, 3.05) is 4.72 Å². The number of benzene rings is 1. The molecule has 0 spiro atoms. The van der Waals surface area contributed by atoms with E-state index in [1.54, 1.807) is 6.92 Å². The van der Waals surface area contributed by atoms with Crippen LogP contribution >= 0.6 is 11.6 Å². The average Bonchev–Trinajstić information content (AvgIpc) is 2.76. The minimum absolute atomic E-state index is 0.00298. The SMILES string of the molecule is Cc1cc(CS(=O)(=O)Nc2cc(C(=O)O)ccc2Cl)no1. The maximum Gasteiger partial charge on any atom is 0.335 e. The molecule has 9 heteroatoms. The topological polar surface area (TPSA) is 110 Å². The van der Waals surface area contributed by atoms with Crippen LogP contribution in [0.1, 0.15) is 21.8 Å². The first-order valence-corrected chi connectivity index (χ1v) is 7.75. The average molecular weight is 331 g/mol. The van der Waals surface area contributed by atoms with E-state index in [1.165, 1.54) is 18.2 Å². The molecule has 0 saturated carbocycles. The van der Waals surface area contributed by atoms with E-state index in [1.807, 2.05) is 0 Å². The van der Waals surface area contributed by atoms with E-state index >= 15 is 0 Å². The van der Waals surface area contributed by atoms with Crippen LogP contribution in [0.5, 0.6) is 0 Å². The highest BCUT2D eigenvalue weighted by molar-refractivity contribution is 7.91. The van der Waals surface area contributed by atoms with Gasteiger partial charge in [-0.3, -0.25) is 4.72 Å². The van der Waals surface area contributed by atoms with E-state index < -0.39 is 21.7 Å². The standard InChI is InChI=1S/C12H11ClN2O5S/c1-7-4-9(14-20-7)6-21(18,19)15-11-5-8(12(16)17)2-3-10(11)13/h2-5,15H,6H2,1H3,(H,16,17). The number of hydrogen-bond donors (Lipinski definition) is 2. The summed E-state index contributed by atoms with van der Waals surface area (Å²) in [6.07, 6.45) is 0. The van der Waals surface area contributed by atoms with Crippen molar-refractivity contribution in [3.8, 4) is 0 Å². The van der Waals surface area contributed by atoms with Crippen LogP contribution in [0.15, 0.2) is 28.8 Å². The van der Waals surface area contributed by atoms with Gasteiger partial charge >= 0.3 is 5.97 Å². The zero-order valence-corrected chi connectivity index (χ0v) is 12.4. The fraction of sp³-hybridized carbons (Fsp3) is 0.167. The first-order valence-electron chi connectivity index (χ1n) is 5.72. The Hall–Kier alpha value is -2.06. The molecule has 0 saturated heterocycles. The molecule has 0 aliphatic heterocycles. The molecule has 0 aliphatic carbocycles. The number of carboxylic acid groups (broad SMARTS) is 1. The molecular formula is C12H11ClN2O5S. The van der Waals surface area contributed by atoms with Crippen molar-refractivity contribution in [1.29, 1.82) is 0 Å². The van der Waals surface area contributed by atoms with Gasteiger partial charge in [0.05, 0.1) is 16.3 Å². The summed E-state index contributed by atoms with van der Waals surface area (Å²) in [6, 6.07) is 5.23. The second-order valence-electron chi connectivity index (χ2n) is 4.29. The molecule has 2 N–H and O–H groups in total. The Kier molecular flexibility index (Phi) is 4.19. The van der Waals surface area contributed by atoms with Crippen LogP contribution in [-0.4, -0.2) is 24.7 Å². The van der Waals surface area contributed by atoms with Gasteiger partial charge in [0.1, 0.15) is 17.2 Å². The maximum atomic E-state index is 12.0. The number of nitrogens with zero attached hydrogens (tertiary/aromatic N) is 1. The summed E-state index contributed by atoms with van der Waals surface area (Å²) in [5.74, 6) is -1.09. The Morgan fingerprint density at radius 1 is 1.43 bits per heavy atom. The van der Waals surface area contributed by atoms with Crippen molar-refractivity contribution in [1.82, 2.24) is 5.16 Å². The van der Waals surface area contributed by atoms with E-state index in [0.717, 1.165) is 6.07 Å². The minimum Gasteiger partial charge on any atom is -0.478 e. The van der Waals surface area contributed by atoms with Crippen LogP contribution < -0.4 is 4.72 Å². The molecule has 0 atom stereocenters. The Balaban J connectivity index is 2.24. The monoisotopic (exact) mass is 330 g/mol. The van der Waals surface area contributed by atoms with Crippen LogP contribution in [0, 0.1) is 6.92 Å². The molecule has 21 heavy (non-hydrogen) atoms. The van der Waals surface area contributed by atoms with Crippen molar-refractivity contribution in [2.24, 2.45) is 0 Å². The Labute approximate surface area is 125 Å². The quantitative estimate of drug-likeness (QED) is 0.870. The number of anilines is 1. The van der Waals surface area contributed by atoms with E-state index in [4.69, 9.17) is 21.2 Å². The number of nitrogens with one attached hydrogen (secondary N) is 1. The highest BCUT2D eigenvalue weighted by atomic mass is 35.5. The number of aryl methyl sites for hydroxylation is 1. The maximum absolute atomic E-state index is 12.0. The van der Waals surface area contributed by atoms with Crippen LogP contribution in [0.4, 0.5) is 5.69 Å². The fourth-order valence-corrected chi connectivity index (χ4v) is 2.94. The third-order valence-electron chi connectivity index (χ3n) is 2.49.